The zero-order valence-corrected chi connectivity index (χ0v) is 15.9. The summed E-state index contributed by atoms with van der Waals surface area (Å²) in [5.41, 5.74) is 5.42. The van der Waals surface area contributed by atoms with Gasteiger partial charge in [0.05, 0.1) is 0 Å². The zero-order chi connectivity index (χ0) is 17.7. The van der Waals surface area contributed by atoms with Gasteiger partial charge >= 0.3 is 0 Å². The van der Waals surface area contributed by atoms with Crippen molar-refractivity contribution in [3.8, 4) is 0 Å². The lowest BCUT2D eigenvalue weighted by Gasteiger charge is -2.49. The van der Waals surface area contributed by atoms with Gasteiger partial charge in [-0.25, -0.2) is 0 Å². The van der Waals surface area contributed by atoms with E-state index in [4.69, 9.17) is 0 Å². The van der Waals surface area contributed by atoms with Crippen LogP contribution in [0, 0.1) is 20.8 Å². The molecule has 4 heteroatoms. The average molecular weight is 339 g/mol. The average Bonchev–Trinajstić information content (AvgIpc) is 2.85. The summed E-state index contributed by atoms with van der Waals surface area (Å²) < 4.78 is 0. The number of amides is 1. The van der Waals surface area contributed by atoms with Crippen molar-refractivity contribution in [3.05, 3.63) is 34.5 Å². The van der Waals surface area contributed by atoms with Crippen LogP contribution in [0.2, 0.25) is 0 Å². The van der Waals surface area contributed by atoms with Gasteiger partial charge in [-0.15, -0.1) is 0 Å². The fraction of sp³-hybridized carbons (Fsp3) is 0.571. The van der Waals surface area contributed by atoms with Gasteiger partial charge in [0.2, 0.25) is 0 Å². The summed E-state index contributed by atoms with van der Waals surface area (Å²) in [6, 6.07) is 5.56. The number of aromatic nitrogens is 1. The summed E-state index contributed by atoms with van der Waals surface area (Å²) in [5, 5.41) is 1.18. The highest BCUT2D eigenvalue weighted by molar-refractivity contribution is 6.02. The molecule has 4 nitrogen and oxygen atoms in total. The Hall–Kier alpha value is -1.81. The number of nitrogens with zero attached hydrogens (tertiary/aromatic N) is 2. The third kappa shape index (κ3) is 2.77. The Labute approximate surface area is 150 Å². The van der Waals surface area contributed by atoms with Gasteiger partial charge in [0.25, 0.3) is 5.91 Å². The summed E-state index contributed by atoms with van der Waals surface area (Å²) >= 11 is 0. The number of piperidine rings is 1. The van der Waals surface area contributed by atoms with E-state index in [0.29, 0.717) is 12.1 Å². The maximum absolute atomic E-state index is 13.0. The van der Waals surface area contributed by atoms with Crippen LogP contribution in [0.3, 0.4) is 0 Å². The van der Waals surface area contributed by atoms with Crippen molar-refractivity contribution in [2.45, 2.75) is 59.0 Å². The molecular formula is C21H29N3O. The van der Waals surface area contributed by atoms with Crippen molar-refractivity contribution in [1.29, 1.82) is 0 Å². The number of likely N-dealkylation sites (tertiary alicyclic amines) is 2. The minimum atomic E-state index is 0.159. The number of fused-ring (bicyclic) bond motifs is 1. The largest absolute Gasteiger partial charge is 0.350 e. The quantitative estimate of drug-likeness (QED) is 0.904. The number of nitrogens with one attached hydrogen (secondary N) is 1. The molecule has 0 unspecified atom stereocenters. The third-order valence-corrected chi connectivity index (χ3v) is 6.20. The van der Waals surface area contributed by atoms with Crippen molar-refractivity contribution in [1.82, 2.24) is 14.8 Å². The lowest BCUT2D eigenvalue weighted by molar-refractivity contribution is 0.00182. The molecule has 2 fully saturated rings. The molecule has 2 saturated heterocycles. The van der Waals surface area contributed by atoms with Crippen LogP contribution in [0.4, 0.5) is 0 Å². The molecule has 1 aromatic heterocycles. The molecule has 0 spiro atoms. The molecule has 25 heavy (non-hydrogen) atoms. The van der Waals surface area contributed by atoms with E-state index in [9.17, 15) is 4.79 Å². The molecule has 3 heterocycles. The molecule has 1 aromatic carbocycles. The fourth-order valence-electron chi connectivity index (χ4n) is 4.65. The summed E-state index contributed by atoms with van der Waals surface area (Å²) in [5.74, 6) is 0.159. The Morgan fingerprint density at radius 1 is 1.16 bits per heavy atom. The highest BCUT2D eigenvalue weighted by atomic mass is 16.2. The van der Waals surface area contributed by atoms with Gasteiger partial charge in [-0.2, -0.15) is 0 Å². The summed E-state index contributed by atoms with van der Waals surface area (Å²) in [7, 11) is 0. The van der Waals surface area contributed by atoms with Crippen LogP contribution in [0.25, 0.3) is 10.9 Å². The van der Waals surface area contributed by atoms with Crippen molar-refractivity contribution in [2.75, 3.05) is 19.6 Å². The zero-order valence-electron chi connectivity index (χ0n) is 15.9. The predicted octanol–water partition coefficient (Wildman–Crippen LogP) is 3.79. The van der Waals surface area contributed by atoms with Gasteiger partial charge in [0, 0.05) is 36.1 Å². The molecule has 0 saturated carbocycles. The van der Waals surface area contributed by atoms with Crippen molar-refractivity contribution in [3.63, 3.8) is 0 Å². The Morgan fingerprint density at radius 3 is 2.64 bits per heavy atom. The van der Waals surface area contributed by atoms with Gasteiger partial charge in [0.15, 0.2) is 0 Å². The van der Waals surface area contributed by atoms with E-state index in [2.05, 4.69) is 49.7 Å². The molecule has 4 rings (SSSR count). The van der Waals surface area contributed by atoms with Gasteiger partial charge in [-0.3, -0.25) is 9.69 Å². The second-order valence-corrected chi connectivity index (χ2v) is 8.08. The van der Waals surface area contributed by atoms with Gasteiger partial charge in [-0.05, 0) is 64.3 Å². The SMILES string of the molecule is Cc1cc(C)c2[nH]c(C(=O)N3CC(N4CCCC[C@@H]4C)C3)c(C)c2c1. The number of carbonyl (C=O) groups excluding carboxylic acids is 1. The van der Waals surface area contributed by atoms with Crippen LogP contribution < -0.4 is 0 Å². The van der Waals surface area contributed by atoms with E-state index in [1.54, 1.807) is 0 Å². The maximum Gasteiger partial charge on any atom is 0.270 e. The lowest BCUT2D eigenvalue weighted by Crippen LogP contribution is -2.63. The number of rotatable bonds is 2. The van der Waals surface area contributed by atoms with Crippen LogP contribution in [-0.2, 0) is 0 Å². The third-order valence-electron chi connectivity index (χ3n) is 6.20. The lowest BCUT2D eigenvalue weighted by atomic mass is 9.97. The Balaban J connectivity index is 1.52. The molecule has 2 aromatic rings. The number of H-pyrrole nitrogens is 1. The second kappa shape index (κ2) is 6.17. The van der Waals surface area contributed by atoms with Crippen molar-refractivity contribution < 1.29 is 4.79 Å². The number of hydrogen-bond donors (Lipinski definition) is 1. The maximum atomic E-state index is 13.0. The second-order valence-electron chi connectivity index (χ2n) is 8.08. The fourth-order valence-corrected chi connectivity index (χ4v) is 4.65. The number of aromatic amines is 1. The molecule has 0 bridgehead atoms. The Bertz CT molecular complexity index is 816. The van der Waals surface area contributed by atoms with Crippen LogP contribution in [0.15, 0.2) is 12.1 Å². The molecule has 134 valence electrons. The minimum Gasteiger partial charge on any atom is -0.350 e. The number of hydrogen-bond acceptors (Lipinski definition) is 2. The molecule has 0 aliphatic carbocycles. The molecule has 0 radical (unpaired) electrons. The molecule has 1 N–H and O–H groups in total. The first kappa shape index (κ1) is 16.6. The molecule has 1 amide bonds. The van der Waals surface area contributed by atoms with Gasteiger partial charge < -0.3 is 9.88 Å². The first-order valence-electron chi connectivity index (χ1n) is 9.60. The number of aryl methyl sites for hydroxylation is 3. The van der Waals surface area contributed by atoms with Gasteiger partial charge in [-0.1, -0.05) is 18.1 Å². The minimum absolute atomic E-state index is 0.159. The highest BCUT2D eigenvalue weighted by Crippen LogP contribution is 2.29. The van der Waals surface area contributed by atoms with Crippen molar-refractivity contribution >= 4 is 16.8 Å². The van der Waals surface area contributed by atoms with Crippen LogP contribution in [0.5, 0.6) is 0 Å². The van der Waals surface area contributed by atoms with Crippen LogP contribution >= 0.6 is 0 Å². The molecule has 2 aliphatic rings. The summed E-state index contributed by atoms with van der Waals surface area (Å²) in [4.78, 5) is 21.0. The predicted molar refractivity (Wildman–Crippen MR) is 102 cm³/mol. The molecular weight excluding hydrogens is 310 g/mol. The van der Waals surface area contributed by atoms with E-state index in [1.165, 1.54) is 42.3 Å². The Kier molecular flexibility index (Phi) is 4.11. The summed E-state index contributed by atoms with van der Waals surface area (Å²) in [6.45, 7) is 11.5. The smallest absolute Gasteiger partial charge is 0.270 e. The van der Waals surface area contributed by atoms with E-state index in [1.807, 2.05) is 4.90 Å². The standard InChI is InChI=1S/C21H29N3O/c1-13-9-14(2)19-18(10-13)16(4)20(22-19)21(25)23-11-17(12-23)24-8-6-5-7-15(24)3/h9-10,15,17,22H,5-8,11-12H2,1-4H3/t15-/m0/s1. The molecule has 2 aliphatic heterocycles. The van der Waals surface area contributed by atoms with E-state index >= 15 is 0 Å². The number of benzene rings is 1. The highest BCUT2D eigenvalue weighted by Gasteiger charge is 2.38. The number of carbonyl (C=O) groups is 1. The molecule has 1 atom stereocenters. The first-order valence-corrected chi connectivity index (χ1v) is 9.60. The normalized spacial score (nSPS) is 22.4. The van der Waals surface area contributed by atoms with Crippen molar-refractivity contribution in [2.24, 2.45) is 0 Å². The monoisotopic (exact) mass is 339 g/mol. The van der Waals surface area contributed by atoms with Crippen LogP contribution in [-0.4, -0.2) is 52.4 Å². The van der Waals surface area contributed by atoms with E-state index in [-0.39, 0.29) is 5.91 Å². The first-order chi connectivity index (χ1) is 12.0. The van der Waals surface area contributed by atoms with Gasteiger partial charge in [0.1, 0.15) is 5.69 Å². The topological polar surface area (TPSA) is 39.3 Å². The van der Waals surface area contributed by atoms with E-state index in [0.717, 1.165) is 29.9 Å². The Morgan fingerprint density at radius 2 is 1.92 bits per heavy atom. The van der Waals surface area contributed by atoms with Crippen LogP contribution in [0.1, 0.15) is 53.4 Å². The summed E-state index contributed by atoms with van der Waals surface area (Å²) in [6.07, 6.45) is 3.94. The van der Waals surface area contributed by atoms with E-state index < -0.39 is 0 Å².